The van der Waals surface area contributed by atoms with Crippen LogP contribution in [0.1, 0.15) is 17.0 Å². The lowest BCUT2D eigenvalue weighted by Crippen LogP contribution is -2.42. The highest BCUT2D eigenvalue weighted by molar-refractivity contribution is 5.86. The number of aromatic nitrogens is 1. The molecule has 0 aliphatic carbocycles. The Labute approximate surface area is 139 Å². The zero-order chi connectivity index (χ0) is 17.1. The Morgan fingerprint density at radius 3 is 2.92 bits per heavy atom. The smallest absolute Gasteiger partial charge is 0.284 e. The Bertz CT molecular complexity index is 848. The fraction of sp³-hybridized carbons (Fsp3) is 0.235. The van der Waals surface area contributed by atoms with Gasteiger partial charge in [0.05, 0.1) is 6.21 Å². The van der Waals surface area contributed by atoms with Crippen molar-refractivity contribution in [2.24, 2.45) is 12.1 Å². The van der Waals surface area contributed by atoms with Crippen molar-refractivity contribution in [1.29, 1.82) is 5.26 Å². The van der Waals surface area contributed by atoms with E-state index in [9.17, 15) is 4.79 Å². The van der Waals surface area contributed by atoms with E-state index >= 15 is 0 Å². The molecule has 1 aromatic heterocycles. The van der Waals surface area contributed by atoms with Gasteiger partial charge in [0.15, 0.2) is 11.5 Å². The number of hydrogen-bond acceptors (Lipinski definition) is 5. The van der Waals surface area contributed by atoms with Crippen LogP contribution in [0.25, 0.3) is 0 Å². The average molecular weight is 324 g/mol. The molecule has 1 atom stereocenters. The number of nitriles is 1. The number of rotatable bonds is 3. The third-order valence-corrected chi connectivity index (χ3v) is 3.87. The van der Waals surface area contributed by atoms with E-state index in [1.54, 1.807) is 29.8 Å². The van der Waals surface area contributed by atoms with Gasteiger partial charge in [0.2, 0.25) is 6.10 Å². The number of hydrogen-bond donors (Lipinski definition) is 1. The van der Waals surface area contributed by atoms with Crippen LogP contribution in [-0.2, 0) is 11.8 Å². The van der Waals surface area contributed by atoms with E-state index in [1.165, 1.54) is 6.21 Å². The molecule has 122 valence electrons. The minimum atomic E-state index is -0.761. The van der Waals surface area contributed by atoms with Crippen molar-refractivity contribution >= 4 is 12.1 Å². The summed E-state index contributed by atoms with van der Waals surface area (Å²) < 4.78 is 12.9. The predicted molar refractivity (Wildman–Crippen MR) is 87.0 cm³/mol. The van der Waals surface area contributed by atoms with E-state index < -0.39 is 12.0 Å². The van der Waals surface area contributed by atoms with Gasteiger partial charge in [0.25, 0.3) is 5.91 Å². The molecule has 0 spiro atoms. The van der Waals surface area contributed by atoms with Crippen LogP contribution in [0.15, 0.2) is 35.4 Å². The van der Waals surface area contributed by atoms with Crippen LogP contribution in [0.5, 0.6) is 11.5 Å². The summed E-state index contributed by atoms with van der Waals surface area (Å²) in [4.78, 5) is 12.1. The number of para-hydroxylation sites is 2. The number of amides is 1. The second-order valence-corrected chi connectivity index (χ2v) is 5.34. The minimum absolute atomic E-state index is 0.126. The summed E-state index contributed by atoms with van der Waals surface area (Å²) in [6.45, 7) is 2.00. The summed E-state index contributed by atoms with van der Waals surface area (Å²) in [6.07, 6.45) is 0.745. The van der Waals surface area contributed by atoms with E-state index in [-0.39, 0.29) is 6.61 Å². The molecule has 0 saturated heterocycles. The number of ether oxygens (including phenoxy) is 2. The molecular weight excluding hydrogens is 308 g/mol. The molecule has 0 fully saturated rings. The molecule has 1 aliphatic heterocycles. The lowest BCUT2D eigenvalue weighted by molar-refractivity contribution is -0.130. The highest BCUT2D eigenvalue weighted by Crippen LogP contribution is 2.30. The number of fused-ring (bicyclic) bond motifs is 1. The molecule has 2 heterocycles. The number of benzene rings is 1. The van der Waals surface area contributed by atoms with Crippen molar-refractivity contribution in [2.75, 3.05) is 6.61 Å². The van der Waals surface area contributed by atoms with E-state index in [1.807, 2.05) is 19.1 Å². The fourth-order valence-electron chi connectivity index (χ4n) is 2.35. The summed E-state index contributed by atoms with van der Waals surface area (Å²) in [6, 6.07) is 11.0. The standard InChI is InChI=1S/C17H16N4O3/c1-11-12(7-13(8-18)21(11)2)9-19-20-17(22)16-10-23-14-5-3-4-6-15(14)24-16/h3-7,9,16H,10H2,1-2H3,(H,20,22). The molecule has 0 radical (unpaired) electrons. The minimum Gasteiger partial charge on any atom is -0.485 e. The number of nitrogens with zero attached hydrogens (tertiary/aromatic N) is 3. The van der Waals surface area contributed by atoms with Crippen LogP contribution in [0.3, 0.4) is 0 Å². The normalized spacial score (nSPS) is 16.0. The van der Waals surface area contributed by atoms with Gasteiger partial charge in [-0.15, -0.1) is 0 Å². The molecule has 1 aromatic carbocycles. The van der Waals surface area contributed by atoms with Crippen molar-refractivity contribution in [2.45, 2.75) is 13.0 Å². The quantitative estimate of drug-likeness (QED) is 0.684. The molecule has 1 aliphatic rings. The van der Waals surface area contributed by atoms with Crippen molar-refractivity contribution in [1.82, 2.24) is 9.99 Å². The topological polar surface area (TPSA) is 88.6 Å². The molecule has 1 amide bonds. The number of nitrogens with one attached hydrogen (secondary N) is 1. The first kappa shape index (κ1) is 15.6. The van der Waals surface area contributed by atoms with E-state index in [4.69, 9.17) is 14.7 Å². The number of carbonyl (C=O) groups excluding carboxylic acids is 1. The number of carbonyl (C=O) groups is 1. The van der Waals surface area contributed by atoms with Crippen LogP contribution in [0, 0.1) is 18.3 Å². The first-order valence-corrected chi connectivity index (χ1v) is 7.38. The Morgan fingerprint density at radius 1 is 1.46 bits per heavy atom. The molecule has 24 heavy (non-hydrogen) atoms. The fourth-order valence-corrected chi connectivity index (χ4v) is 2.35. The van der Waals surface area contributed by atoms with Gasteiger partial charge < -0.3 is 14.0 Å². The van der Waals surface area contributed by atoms with E-state index in [2.05, 4.69) is 16.6 Å². The van der Waals surface area contributed by atoms with E-state index in [0.29, 0.717) is 17.2 Å². The largest absolute Gasteiger partial charge is 0.485 e. The van der Waals surface area contributed by atoms with Crippen LogP contribution in [0.2, 0.25) is 0 Å². The Hall–Kier alpha value is -3.27. The molecule has 1 unspecified atom stereocenters. The van der Waals surface area contributed by atoms with Gasteiger partial charge in [0, 0.05) is 18.3 Å². The summed E-state index contributed by atoms with van der Waals surface area (Å²) in [5.41, 5.74) is 4.62. The van der Waals surface area contributed by atoms with Crippen LogP contribution in [-0.4, -0.2) is 29.4 Å². The molecule has 1 N–H and O–H groups in total. The van der Waals surface area contributed by atoms with Gasteiger partial charge >= 0.3 is 0 Å². The first-order chi connectivity index (χ1) is 11.6. The Balaban J connectivity index is 1.63. The van der Waals surface area contributed by atoms with Gasteiger partial charge in [-0.3, -0.25) is 4.79 Å². The molecule has 0 bridgehead atoms. The van der Waals surface area contributed by atoms with Crippen molar-refractivity contribution in [3.8, 4) is 17.6 Å². The van der Waals surface area contributed by atoms with Crippen LogP contribution < -0.4 is 14.9 Å². The zero-order valence-corrected chi connectivity index (χ0v) is 13.3. The van der Waals surface area contributed by atoms with Crippen molar-refractivity contribution in [3.05, 3.63) is 47.3 Å². The Morgan fingerprint density at radius 2 is 2.21 bits per heavy atom. The van der Waals surface area contributed by atoms with Crippen LogP contribution >= 0.6 is 0 Å². The van der Waals surface area contributed by atoms with Gasteiger partial charge in [0.1, 0.15) is 18.4 Å². The van der Waals surface area contributed by atoms with E-state index in [0.717, 1.165) is 11.3 Å². The van der Waals surface area contributed by atoms with Crippen LogP contribution in [0.4, 0.5) is 0 Å². The first-order valence-electron chi connectivity index (χ1n) is 7.38. The average Bonchev–Trinajstić information content (AvgIpc) is 2.89. The second-order valence-electron chi connectivity index (χ2n) is 5.34. The zero-order valence-electron chi connectivity index (χ0n) is 13.3. The summed E-state index contributed by atoms with van der Waals surface area (Å²) >= 11 is 0. The number of hydrazone groups is 1. The van der Waals surface area contributed by atoms with Crippen molar-refractivity contribution in [3.63, 3.8) is 0 Å². The third kappa shape index (κ3) is 2.94. The summed E-state index contributed by atoms with van der Waals surface area (Å²) in [5, 5.41) is 12.9. The lowest BCUT2D eigenvalue weighted by Gasteiger charge is -2.24. The Kier molecular flexibility index (Phi) is 4.20. The molecule has 2 aromatic rings. The van der Waals surface area contributed by atoms with Gasteiger partial charge in [-0.25, -0.2) is 5.43 Å². The van der Waals surface area contributed by atoms with Gasteiger partial charge in [-0.1, -0.05) is 12.1 Å². The second kappa shape index (κ2) is 6.46. The maximum atomic E-state index is 12.1. The van der Waals surface area contributed by atoms with Gasteiger partial charge in [-0.05, 0) is 25.1 Å². The molecule has 0 saturated carbocycles. The highest BCUT2D eigenvalue weighted by atomic mass is 16.6. The maximum absolute atomic E-state index is 12.1. The predicted octanol–water partition coefficient (Wildman–Crippen LogP) is 1.50. The molecule has 3 rings (SSSR count). The monoisotopic (exact) mass is 324 g/mol. The molecular formula is C17H16N4O3. The molecule has 7 heteroatoms. The molecule has 7 nitrogen and oxygen atoms in total. The van der Waals surface area contributed by atoms with Crippen molar-refractivity contribution < 1.29 is 14.3 Å². The van der Waals surface area contributed by atoms with Gasteiger partial charge in [-0.2, -0.15) is 10.4 Å². The SMILES string of the molecule is Cc1c(C=NNC(=O)C2COc3ccccc3O2)cc(C#N)n1C. The highest BCUT2D eigenvalue weighted by Gasteiger charge is 2.27. The maximum Gasteiger partial charge on any atom is 0.284 e. The summed E-state index contributed by atoms with van der Waals surface area (Å²) in [5.74, 6) is 0.759. The lowest BCUT2D eigenvalue weighted by atomic mass is 10.2. The summed E-state index contributed by atoms with van der Waals surface area (Å²) in [7, 11) is 1.80. The third-order valence-electron chi connectivity index (χ3n) is 3.87.